The quantitative estimate of drug-likeness (QED) is 0.752. The number of pyridine rings is 1. The topological polar surface area (TPSA) is 105 Å². The van der Waals surface area contributed by atoms with Crippen molar-refractivity contribution in [3.8, 4) is 0 Å². The molecular formula is C17H17N3O4S. The van der Waals surface area contributed by atoms with Gasteiger partial charge >= 0.3 is 0 Å². The average molecular weight is 359 g/mol. The molecule has 130 valence electrons. The van der Waals surface area contributed by atoms with Crippen molar-refractivity contribution < 1.29 is 18.0 Å². The predicted molar refractivity (Wildman–Crippen MR) is 92.6 cm³/mol. The molecule has 25 heavy (non-hydrogen) atoms. The van der Waals surface area contributed by atoms with E-state index in [1.807, 2.05) is 35.1 Å². The molecule has 8 heteroatoms. The Morgan fingerprint density at radius 1 is 1.12 bits per heavy atom. The molecule has 0 unspecified atom stereocenters. The Labute approximate surface area is 145 Å². The Morgan fingerprint density at radius 2 is 1.84 bits per heavy atom. The Kier molecular flexibility index (Phi) is 6.02. The summed E-state index contributed by atoms with van der Waals surface area (Å²) < 4.78 is 26.0. The Balaban J connectivity index is 1.94. The summed E-state index contributed by atoms with van der Waals surface area (Å²) in [6.45, 7) is 1.39. The molecule has 2 aromatic rings. The predicted octanol–water partition coefficient (Wildman–Crippen LogP) is 1.10. The number of carbonyl (C=O) groups is 2. The van der Waals surface area contributed by atoms with E-state index in [0.29, 0.717) is 0 Å². The smallest absolute Gasteiger partial charge is 0.265 e. The maximum atomic E-state index is 12.0. The van der Waals surface area contributed by atoms with Gasteiger partial charge in [0.15, 0.2) is 0 Å². The molecule has 0 aliphatic rings. The number of rotatable bonds is 6. The van der Waals surface area contributed by atoms with Gasteiger partial charge in [0.05, 0.1) is 0 Å². The maximum Gasteiger partial charge on any atom is 0.265 e. The van der Waals surface area contributed by atoms with Crippen LogP contribution in [0.25, 0.3) is 6.08 Å². The van der Waals surface area contributed by atoms with Crippen molar-refractivity contribution in [2.75, 3.05) is 0 Å². The van der Waals surface area contributed by atoms with E-state index in [1.54, 1.807) is 6.08 Å². The standard InChI is InChI=1S/C17H17N3O4S/c1-13(19-16(21)10-9-14-6-3-2-4-7-14)17(22)20-25(23,24)15-8-5-11-18-12-15/h2-13H,1H3,(H,19,21)(H,20,22)/b10-9+/t13-/m0/s1. The van der Waals surface area contributed by atoms with Crippen molar-refractivity contribution in [3.63, 3.8) is 0 Å². The lowest BCUT2D eigenvalue weighted by atomic mass is 10.2. The van der Waals surface area contributed by atoms with Crippen molar-refractivity contribution in [2.45, 2.75) is 17.9 Å². The van der Waals surface area contributed by atoms with Crippen LogP contribution in [0.4, 0.5) is 0 Å². The van der Waals surface area contributed by atoms with Crippen LogP contribution in [-0.4, -0.2) is 31.3 Å². The number of sulfonamides is 1. The summed E-state index contributed by atoms with van der Waals surface area (Å²) in [4.78, 5) is 27.4. The molecule has 0 radical (unpaired) electrons. The molecule has 0 aliphatic heterocycles. The highest BCUT2D eigenvalue weighted by atomic mass is 32.2. The highest BCUT2D eigenvalue weighted by molar-refractivity contribution is 7.90. The monoisotopic (exact) mass is 359 g/mol. The lowest BCUT2D eigenvalue weighted by Gasteiger charge is -2.13. The van der Waals surface area contributed by atoms with Crippen LogP contribution in [0.2, 0.25) is 0 Å². The molecule has 0 aliphatic carbocycles. The van der Waals surface area contributed by atoms with Crippen LogP contribution >= 0.6 is 0 Å². The normalized spacial score (nSPS) is 12.5. The van der Waals surface area contributed by atoms with Crippen molar-refractivity contribution in [3.05, 3.63) is 66.5 Å². The van der Waals surface area contributed by atoms with E-state index >= 15 is 0 Å². The summed E-state index contributed by atoms with van der Waals surface area (Å²) in [5, 5.41) is 2.41. The van der Waals surface area contributed by atoms with Crippen molar-refractivity contribution in [2.24, 2.45) is 0 Å². The third-order valence-electron chi connectivity index (χ3n) is 3.16. The van der Waals surface area contributed by atoms with Gasteiger partial charge in [-0.25, -0.2) is 13.1 Å². The number of hydrogen-bond donors (Lipinski definition) is 2. The van der Waals surface area contributed by atoms with Crippen LogP contribution in [-0.2, 0) is 19.6 Å². The van der Waals surface area contributed by atoms with E-state index in [2.05, 4.69) is 10.3 Å². The minimum Gasteiger partial charge on any atom is -0.341 e. The fourth-order valence-corrected chi connectivity index (χ4v) is 2.87. The van der Waals surface area contributed by atoms with E-state index in [-0.39, 0.29) is 4.90 Å². The van der Waals surface area contributed by atoms with Gasteiger partial charge in [-0.15, -0.1) is 0 Å². The minimum absolute atomic E-state index is 0.133. The fraction of sp³-hybridized carbons (Fsp3) is 0.118. The summed E-state index contributed by atoms with van der Waals surface area (Å²) in [5.74, 6) is -1.35. The molecule has 2 N–H and O–H groups in total. The van der Waals surface area contributed by atoms with Crippen LogP contribution in [0.1, 0.15) is 12.5 Å². The molecule has 1 heterocycles. The molecule has 1 atom stereocenters. The zero-order chi connectivity index (χ0) is 18.3. The molecule has 2 rings (SSSR count). The molecule has 0 bridgehead atoms. The summed E-state index contributed by atoms with van der Waals surface area (Å²) >= 11 is 0. The molecule has 2 amide bonds. The third kappa shape index (κ3) is 5.54. The Hall–Kier alpha value is -3.00. The van der Waals surface area contributed by atoms with Crippen LogP contribution in [0.3, 0.4) is 0 Å². The first-order chi connectivity index (χ1) is 11.9. The van der Waals surface area contributed by atoms with E-state index < -0.39 is 27.9 Å². The molecule has 0 saturated heterocycles. The number of nitrogens with zero attached hydrogens (tertiary/aromatic N) is 1. The van der Waals surface area contributed by atoms with Gasteiger partial charge in [-0.3, -0.25) is 14.6 Å². The van der Waals surface area contributed by atoms with Crippen molar-refractivity contribution in [1.82, 2.24) is 15.0 Å². The molecule has 0 fully saturated rings. The van der Waals surface area contributed by atoms with E-state index in [4.69, 9.17) is 0 Å². The van der Waals surface area contributed by atoms with Gasteiger partial charge in [0, 0.05) is 18.5 Å². The van der Waals surface area contributed by atoms with E-state index in [1.165, 1.54) is 31.3 Å². The first-order valence-electron chi connectivity index (χ1n) is 7.39. The highest BCUT2D eigenvalue weighted by Gasteiger charge is 2.22. The number of amides is 2. The molecule has 0 spiro atoms. The van der Waals surface area contributed by atoms with Gasteiger partial charge in [0.25, 0.3) is 15.9 Å². The van der Waals surface area contributed by atoms with Crippen LogP contribution < -0.4 is 10.0 Å². The number of hydrogen-bond acceptors (Lipinski definition) is 5. The first kappa shape index (κ1) is 18.3. The van der Waals surface area contributed by atoms with Crippen LogP contribution in [0, 0.1) is 0 Å². The van der Waals surface area contributed by atoms with E-state index in [9.17, 15) is 18.0 Å². The van der Waals surface area contributed by atoms with Gasteiger partial charge < -0.3 is 5.32 Å². The summed E-state index contributed by atoms with van der Waals surface area (Å²) in [7, 11) is -4.03. The zero-order valence-electron chi connectivity index (χ0n) is 13.4. The van der Waals surface area contributed by atoms with Crippen molar-refractivity contribution in [1.29, 1.82) is 0 Å². The number of aromatic nitrogens is 1. The second kappa shape index (κ2) is 8.20. The summed E-state index contributed by atoms with van der Waals surface area (Å²) in [5.41, 5.74) is 0.828. The maximum absolute atomic E-state index is 12.0. The zero-order valence-corrected chi connectivity index (χ0v) is 14.2. The molecular weight excluding hydrogens is 342 g/mol. The lowest BCUT2D eigenvalue weighted by molar-refractivity contribution is -0.125. The average Bonchev–Trinajstić information content (AvgIpc) is 2.61. The van der Waals surface area contributed by atoms with Gasteiger partial charge in [-0.05, 0) is 30.7 Å². The molecule has 1 aromatic carbocycles. The number of carbonyl (C=O) groups excluding carboxylic acids is 2. The second-order valence-corrected chi connectivity index (χ2v) is 6.82. The number of nitrogens with one attached hydrogen (secondary N) is 2. The summed E-state index contributed by atoms with van der Waals surface area (Å²) in [6.07, 6.45) is 5.41. The van der Waals surface area contributed by atoms with Gasteiger partial charge in [0.1, 0.15) is 10.9 Å². The fourth-order valence-electron chi connectivity index (χ4n) is 1.85. The van der Waals surface area contributed by atoms with Gasteiger partial charge in [-0.1, -0.05) is 30.3 Å². The van der Waals surface area contributed by atoms with Gasteiger partial charge in [-0.2, -0.15) is 0 Å². The first-order valence-corrected chi connectivity index (χ1v) is 8.87. The summed E-state index contributed by atoms with van der Waals surface area (Å²) in [6, 6.07) is 10.9. The van der Waals surface area contributed by atoms with Gasteiger partial charge in [0.2, 0.25) is 5.91 Å². The molecule has 1 aromatic heterocycles. The van der Waals surface area contributed by atoms with Crippen LogP contribution in [0.15, 0.2) is 65.8 Å². The van der Waals surface area contributed by atoms with E-state index in [0.717, 1.165) is 11.8 Å². The number of benzene rings is 1. The second-order valence-electron chi connectivity index (χ2n) is 5.13. The van der Waals surface area contributed by atoms with Crippen molar-refractivity contribution >= 4 is 27.9 Å². The largest absolute Gasteiger partial charge is 0.341 e. The SMILES string of the molecule is C[C@H](NC(=O)/C=C/c1ccccc1)C(=O)NS(=O)(=O)c1cccnc1. The Morgan fingerprint density at radius 3 is 2.48 bits per heavy atom. The molecule has 7 nitrogen and oxygen atoms in total. The molecule has 0 saturated carbocycles. The Bertz CT molecular complexity index is 865. The third-order valence-corrected chi connectivity index (χ3v) is 4.49. The van der Waals surface area contributed by atoms with Crippen LogP contribution in [0.5, 0.6) is 0 Å². The lowest BCUT2D eigenvalue weighted by Crippen LogP contribution is -2.46. The highest BCUT2D eigenvalue weighted by Crippen LogP contribution is 2.05. The minimum atomic E-state index is -4.03.